The molecule has 1 fully saturated rings. The van der Waals surface area contributed by atoms with Crippen molar-refractivity contribution in [1.29, 1.82) is 0 Å². The third kappa shape index (κ3) is 2.94. The van der Waals surface area contributed by atoms with Crippen LogP contribution < -0.4 is 0 Å². The van der Waals surface area contributed by atoms with Crippen LogP contribution in [0.1, 0.15) is 20.8 Å². The Bertz CT molecular complexity index is 213. The first-order valence-electron chi connectivity index (χ1n) is 4.54. The molecule has 5 nitrogen and oxygen atoms in total. The molecular formula is C9H16O5. The molecule has 5 heteroatoms. The van der Waals surface area contributed by atoms with Crippen molar-refractivity contribution in [3.63, 3.8) is 0 Å². The SMILES string of the molecule is CC(=O)OC[C@H]1OC(C)(C)O[C@H]1CO. The molecule has 1 heterocycles. The van der Waals surface area contributed by atoms with Gasteiger partial charge in [-0.25, -0.2) is 0 Å². The van der Waals surface area contributed by atoms with E-state index in [1.807, 2.05) is 0 Å². The van der Waals surface area contributed by atoms with Crippen molar-refractivity contribution in [2.24, 2.45) is 0 Å². The lowest BCUT2D eigenvalue weighted by molar-refractivity contribution is -0.159. The number of aliphatic hydroxyl groups is 1. The van der Waals surface area contributed by atoms with Crippen LogP contribution in [0.25, 0.3) is 0 Å². The van der Waals surface area contributed by atoms with E-state index in [2.05, 4.69) is 0 Å². The van der Waals surface area contributed by atoms with Gasteiger partial charge >= 0.3 is 5.97 Å². The lowest BCUT2D eigenvalue weighted by atomic mass is 10.2. The van der Waals surface area contributed by atoms with Crippen LogP contribution in [-0.4, -0.2) is 42.3 Å². The van der Waals surface area contributed by atoms with E-state index >= 15 is 0 Å². The van der Waals surface area contributed by atoms with Gasteiger partial charge in [-0.1, -0.05) is 0 Å². The average Bonchev–Trinajstić information content (AvgIpc) is 2.37. The fourth-order valence-corrected chi connectivity index (χ4v) is 1.40. The minimum atomic E-state index is -0.724. The maximum atomic E-state index is 10.6. The zero-order valence-corrected chi connectivity index (χ0v) is 8.65. The Kier molecular flexibility index (Phi) is 3.47. The van der Waals surface area contributed by atoms with E-state index in [0.717, 1.165) is 0 Å². The summed E-state index contributed by atoms with van der Waals surface area (Å²) in [7, 11) is 0. The summed E-state index contributed by atoms with van der Waals surface area (Å²) in [5, 5.41) is 8.99. The molecule has 2 atom stereocenters. The highest BCUT2D eigenvalue weighted by Gasteiger charge is 2.41. The Morgan fingerprint density at radius 1 is 1.43 bits per heavy atom. The van der Waals surface area contributed by atoms with Crippen LogP contribution in [-0.2, 0) is 19.0 Å². The summed E-state index contributed by atoms with van der Waals surface area (Å²) in [6.07, 6.45) is -0.816. The fourth-order valence-electron chi connectivity index (χ4n) is 1.40. The standard InChI is InChI=1S/C9H16O5/c1-6(11)12-5-8-7(4-10)13-9(2,3)14-8/h7-8,10H,4-5H2,1-3H3/t7-,8+/m0/s1. The number of aliphatic hydroxyl groups excluding tert-OH is 1. The highest BCUT2D eigenvalue weighted by molar-refractivity contribution is 5.65. The van der Waals surface area contributed by atoms with Crippen LogP contribution in [0.2, 0.25) is 0 Å². The molecule has 0 amide bonds. The zero-order valence-electron chi connectivity index (χ0n) is 8.65. The molecule has 1 aliphatic rings. The van der Waals surface area contributed by atoms with Gasteiger partial charge in [0, 0.05) is 6.92 Å². The Morgan fingerprint density at radius 2 is 2.00 bits per heavy atom. The molecule has 1 aliphatic heterocycles. The van der Waals surface area contributed by atoms with E-state index in [0.29, 0.717) is 0 Å². The number of hydrogen-bond donors (Lipinski definition) is 1. The second kappa shape index (κ2) is 4.25. The first-order chi connectivity index (χ1) is 6.44. The van der Waals surface area contributed by atoms with Crippen LogP contribution in [0.4, 0.5) is 0 Å². The van der Waals surface area contributed by atoms with Gasteiger partial charge in [0.15, 0.2) is 5.79 Å². The minimum Gasteiger partial charge on any atom is -0.463 e. The van der Waals surface area contributed by atoms with Gasteiger partial charge in [-0.05, 0) is 13.8 Å². The summed E-state index contributed by atoms with van der Waals surface area (Å²) >= 11 is 0. The second-order valence-electron chi connectivity index (χ2n) is 3.70. The molecule has 0 bridgehead atoms. The monoisotopic (exact) mass is 204 g/mol. The molecule has 0 spiro atoms. The van der Waals surface area contributed by atoms with Crippen molar-refractivity contribution >= 4 is 5.97 Å². The highest BCUT2D eigenvalue weighted by atomic mass is 16.8. The molecule has 0 unspecified atom stereocenters. The second-order valence-corrected chi connectivity index (χ2v) is 3.70. The molecule has 0 radical (unpaired) electrons. The normalized spacial score (nSPS) is 30.3. The maximum absolute atomic E-state index is 10.6. The largest absolute Gasteiger partial charge is 0.463 e. The quantitative estimate of drug-likeness (QED) is 0.659. The van der Waals surface area contributed by atoms with Crippen LogP contribution in [0.5, 0.6) is 0 Å². The Balaban J connectivity index is 2.47. The molecule has 1 rings (SSSR count). The Morgan fingerprint density at radius 3 is 2.50 bits per heavy atom. The van der Waals surface area contributed by atoms with Crippen LogP contribution in [0, 0.1) is 0 Å². The predicted octanol–water partition coefficient (Wildman–Crippen LogP) is 0.0619. The van der Waals surface area contributed by atoms with Crippen molar-refractivity contribution in [2.45, 2.75) is 38.8 Å². The number of ether oxygens (including phenoxy) is 3. The van der Waals surface area contributed by atoms with Gasteiger partial charge < -0.3 is 19.3 Å². The third-order valence-electron chi connectivity index (χ3n) is 1.92. The highest BCUT2D eigenvalue weighted by Crippen LogP contribution is 2.27. The van der Waals surface area contributed by atoms with Crippen molar-refractivity contribution < 1.29 is 24.1 Å². The van der Waals surface area contributed by atoms with Crippen LogP contribution >= 0.6 is 0 Å². The number of rotatable bonds is 3. The summed E-state index contributed by atoms with van der Waals surface area (Å²) in [4.78, 5) is 10.6. The molecule has 82 valence electrons. The van der Waals surface area contributed by atoms with E-state index < -0.39 is 11.9 Å². The first-order valence-corrected chi connectivity index (χ1v) is 4.54. The summed E-state index contributed by atoms with van der Waals surface area (Å²) in [5.74, 6) is -1.09. The lowest BCUT2D eigenvalue weighted by Gasteiger charge is -2.16. The number of carbonyl (C=O) groups excluding carboxylic acids is 1. The van der Waals surface area contributed by atoms with Gasteiger partial charge in [0.2, 0.25) is 0 Å². The average molecular weight is 204 g/mol. The molecule has 14 heavy (non-hydrogen) atoms. The molecule has 1 N–H and O–H groups in total. The molecule has 0 aromatic rings. The predicted molar refractivity (Wildman–Crippen MR) is 47.5 cm³/mol. The lowest BCUT2D eigenvalue weighted by Crippen LogP contribution is -2.31. The molecule has 0 aromatic heterocycles. The van der Waals surface area contributed by atoms with Crippen molar-refractivity contribution in [3.8, 4) is 0 Å². The number of carbonyl (C=O) groups is 1. The molecule has 0 aromatic carbocycles. The van der Waals surface area contributed by atoms with Gasteiger partial charge in [0.1, 0.15) is 18.8 Å². The van der Waals surface area contributed by atoms with E-state index in [9.17, 15) is 4.79 Å². The van der Waals surface area contributed by atoms with Gasteiger partial charge in [0.25, 0.3) is 0 Å². The Labute approximate surface area is 82.9 Å². The summed E-state index contributed by atoms with van der Waals surface area (Å²) < 4.78 is 15.6. The van der Waals surface area contributed by atoms with Crippen molar-refractivity contribution in [3.05, 3.63) is 0 Å². The van der Waals surface area contributed by atoms with Gasteiger partial charge in [-0.15, -0.1) is 0 Å². The van der Waals surface area contributed by atoms with E-state index in [4.69, 9.17) is 19.3 Å². The van der Waals surface area contributed by atoms with Crippen LogP contribution in [0.3, 0.4) is 0 Å². The van der Waals surface area contributed by atoms with E-state index in [-0.39, 0.29) is 25.3 Å². The fraction of sp³-hybridized carbons (Fsp3) is 0.889. The first kappa shape index (κ1) is 11.4. The smallest absolute Gasteiger partial charge is 0.302 e. The minimum absolute atomic E-state index is 0.115. The van der Waals surface area contributed by atoms with Crippen LogP contribution in [0.15, 0.2) is 0 Å². The topological polar surface area (TPSA) is 65.0 Å². The zero-order chi connectivity index (χ0) is 10.8. The molecule has 0 saturated carbocycles. The number of esters is 1. The van der Waals surface area contributed by atoms with E-state index in [1.54, 1.807) is 13.8 Å². The van der Waals surface area contributed by atoms with Gasteiger partial charge in [0.05, 0.1) is 6.61 Å². The summed E-state index contributed by atoms with van der Waals surface area (Å²) in [5.41, 5.74) is 0. The molecule has 0 aliphatic carbocycles. The van der Waals surface area contributed by atoms with Crippen molar-refractivity contribution in [1.82, 2.24) is 0 Å². The van der Waals surface area contributed by atoms with Gasteiger partial charge in [-0.2, -0.15) is 0 Å². The third-order valence-corrected chi connectivity index (χ3v) is 1.92. The Hall–Kier alpha value is -0.650. The van der Waals surface area contributed by atoms with Crippen molar-refractivity contribution in [2.75, 3.05) is 13.2 Å². The summed E-state index contributed by atoms with van der Waals surface area (Å²) in [6, 6.07) is 0. The summed E-state index contributed by atoms with van der Waals surface area (Å²) in [6.45, 7) is 4.81. The van der Waals surface area contributed by atoms with E-state index in [1.165, 1.54) is 6.92 Å². The maximum Gasteiger partial charge on any atom is 0.302 e. The molecule has 1 saturated heterocycles. The number of hydrogen-bond acceptors (Lipinski definition) is 5. The molecular weight excluding hydrogens is 188 g/mol. The van der Waals surface area contributed by atoms with Gasteiger partial charge in [-0.3, -0.25) is 4.79 Å².